The molecule has 1 unspecified atom stereocenters. The molecule has 1 fully saturated rings. The average molecular weight is 210 g/mol. The van der Waals surface area contributed by atoms with Gasteiger partial charge in [0.05, 0.1) is 6.04 Å². The van der Waals surface area contributed by atoms with Gasteiger partial charge in [0.2, 0.25) is 0 Å². The Hall–Kier alpha value is -0.730. The first-order valence-corrected chi connectivity index (χ1v) is 5.54. The lowest BCUT2D eigenvalue weighted by molar-refractivity contribution is 0.0328. The van der Waals surface area contributed by atoms with Crippen LogP contribution in [0.1, 0.15) is 41.0 Å². The lowest BCUT2D eigenvalue weighted by Gasteiger charge is -2.47. The molecule has 1 rings (SSSR count). The van der Waals surface area contributed by atoms with Crippen LogP contribution in [0.4, 0.5) is 0 Å². The van der Waals surface area contributed by atoms with Crippen molar-refractivity contribution in [3.63, 3.8) is 0 Å². The summed E-state index contributed by atoms with van der Waals surface area (Å²) in [6.07, 6.45) is 0.990. The van der Waals surface area contributed by atoms with Gasteiger partial charge in [-0.25, -0.2) is 0 Å². The Balaban J connectivity index is 2.81. The minimum Gasteiger partial charge on any atom is -0.298 e. The van der Waals surface area contributed by atoms with Crippen LogP contribution in [0, 0.1) is 5.41 Å². The van der Waals surface area contributed by atoms with E-state index in [1.165, 1.54) is 0 Å². The second-order valence-corrected chi connectivity index (χ2v) is 6.28. The topological polar surface area (TPSA) is 52.0 Å². The molecule has 86 valence electrons. The van der Waals surface area contributed by atoms with Crippen molar-refractivity contribution in [1.29, 1.82) is 0 Å². The molecule has 0 amide bonds. The van der Waals surface area contributed by atoms with Crippen molar-refractivity contribution >= 4 is 0 Å². The highest BCUT2D eigenvalue weighted by Gasteiger charge is 2.36. The first kappa shape index (κ1) is 12.3. The number of nitrogens with zero attached hydrogens (tertiary/aromatic N) is 4. The summed E-state index contributed by atoms with van der Waals surface area (Å²) < 4.78 is 0. The van der Waals surface area contributed by atoms with Gasteiger partial charge in [0.15, 0.2) is 0 Å². The summed E-state index contributed by atoms with van der Waals surface area (Å²) in [5.74, 6) is 0. The van der Waals surface area contributed by atoms with Crippen LogP contribution in [-0.4, -0.2) is 29.6 Å². The third kappa shape index (κ3) is 3.40. The summed E-state index contributed by atoms with van der Waals surface area (Å²) in [6.45, 7) is 13.1. The van der Waals surface area contributed by atoms with Crippen LogP contribution in [-0.2, 0) is 0 Å². The quantitative estimate of drug-likeness (QED) is 0.372. The van der Waals surface area contributed by atoms with Gasteiger partial charge >= 0.3 is 0 Å². The van der Waals surface area contributed by atoms with Crippen molar-refractivity contribution in [2.45, 2.75) is 52.6 Å². The molecular formula is C11H22N4. The molecule has 0 saturated carbocycles. The molecule has 0 aliphatic carbocycles. The monoisotopic (exact) mass is 210 g/mol. The first-order valence-electron chi connectivity index (χ1n) is 5.54. The van der Waals surface area contributed by atoms with Crippen LogP contribution in [0.5, 0.6) is 0 Å². The second kappa shape index (κ2) is 4.03. The van der Waals surface area contributed by atoms with E-state index in [0.717, 1.165) is 19.5 Å². The fraction of sp³-hybridized carbons (Fsp3) is 1.00. The SMILES string of the molecule is CC1(C)CC(N=[N+]=[N-])CN(C(C)(C)C)C1. The molecule has 1 heterocycles. The van der Waals surface area contributed by atoms with Crippen molar-refractivity contribution in [1.82, 2.24) is 4.90 Å². The van der Waals surface area contributed by atoms with E-state index in [1.54, 1.807) is 0 Å². The fourth-order valence-electron chi connectivity index (χ4n) is 2.26. The summed E-state index contributed by atoms with van der Waals surface area (Å²) in [6, 6.07) is 0.123. The van der Waals surface area contributed by atoms with Crippen molar-refractivity contribution in [3.05, 3.63) is 10.4 Å². The van der Waals surface area contributed by atoms with Gasteiger partial charge in [-0.15, -0.1) is 0 Å². The van der Waals surface area contributed by atoms with Crippen molar-refractivity contribution in [3.8, 4) is 0 Å². The maximum Gasteiger partial charge on any atom is 0.0507 e. The lowest BCUT2D eigenvalue weighted by atomic mass is 9.80. The molecule has 4 nitrogen and oxygen atoms in total. The van der Waals surface area contributed by atoms with Crippen molar-refractivity contribution < 1.29 is 0 Å². The Labute approximate surface area is 92.3 Å². The second-order valence-electron chi connectivity index (χ2n) is 6.28. The minimum atomic E-state index is 0.123. The van der Waals surface area contributed by atoms with Crippen LogP contribution >= 0.6 is 0 Å². The molecule has 15 heavy (non-hydrogen) atoms. The van der Waals surface area contributed by atoms with Crippen molar-refractivity contribution in [2.75, 3.05) is 13.1 Å². The van der Waals surface area contributed by atoms with E-state index in [1.807, 2.05) is 0 Å². The predicted molar refractivity (Wildman–Crippen MR) is 62.7 cm³/mol. The molecule has 0 spiro atoms. The Morgan fingerprint density at radius 2 is 2.00 bits per heavy atom. The van der Waals surface area contributed by atoms with E-state index in [-0.39, 0.29) is 17.0 Å². The smallest absolute Gasteiger partial charge is 0.0507 e. The van der Waals surface area contributed by atoms with Gasteiger partial charge in [-0.05, 0) is 38.1 Å². The summed E-state index contributed by atoms with van der Waals surface area (Å²) in [4.78, 5) is 5.35. The molecule has 4 heteroatoms. The van der Waals surface area contributed by atoms with Crippen LogP contribution in [0.2, 0.25) is 0 Å². The highest BCUT2D eigenvalue weighted by Crippen LogP contribution is 2.33. The molecule has 0 aromatic rings. The largest absolute Gasteiger partial charge is 0.298 e. The number of rotatable bonds is 1. The van der Waals surface area contributed by atoms with Gasteiger partial charge in [-0.2, -0.15) is 0 Å². The standard InChI is InChI=1S/C11H22N4/c1-10(2,3)15-7-9(13-14-12)6-11(4,5)8-15/h9H,6-8H2,1-5H3. The minimum absolute atomic E-state index is 0.123. The third-order valence-electron chi connectivity index (χ3n) is 3.00. The first-order chi connectivity index (χ1) is 6.74. The van der Waals surface area contributed by atoms with Crippen LogP contribution in [0.25, 0.3) is 10.4 Å². The zero-order valence-corrected chi connectivity index (χ0v) is 10.5. The Kier molecular flexibility index (Phi) is 3.31. The number of hydrogen-bond acceptors (Lipinski definition) is 2. The Bertz CT molecular complexity index is 271. The predicted octanol–water partition coefficient (Wildman–Crippen LogP) is 3.20. The van der Waals surface area contributed by atoms with E-state index >= 15 is 0 Å². The number of piperidine rings is 1. The van der Waals surface area contributed by atoms with E-state index < -0.39 is 0 Å². The highest BCUT2D eigenvalue weighted by molar-refractivity contribution is 4.93. The van der Waals surface area contributed by atoms with E-state index in [4.69, 9.17) is 5.53 Å². The number of azide groups is 1. The maximum absolute atomic E-state index is 8.52. The fourth-order valence-corrected chi connectivity index (χ4v) is 2.26. The molecule has 1 aliphatic rings. The summed E-state index contributed by atoms with van der Waals surface area (Å²) >= 11 is 0. The molecule has 1 saturated heterocycles. The molecule has 1 atom stereocenters. The third-order valence-corrected chi connectivity index (χ3v) is 3.00. The molecule has 1 aliphatic heterocycles. The summed E-state index contributed by atoms with van der Waals surface area (Å²) in [7, 11) is 0. The highest BCUT2D eigenvalue weighted by atomic mass is 15.2. The van der Waals surface area contributed by atoms with Gasteiger partial charge in [0.1, 0.15) is 0 Å². The van der Waals surface area contributed by atoms with Gasteiger partial charge in [0.25, 0.3) is 0 Å². The van der Waals surface area contributed by atoms with Crippen molar-refractivity contribution in [2.24, 2.45) is 10.5 Å². The summed E-state index contributed by atoms with van der Waals surface area (Å²) in [5, 5.41) is 3.88. The van der Waals surface area contributed by atoms with Crippen LogP contribution in [0.15, 0.2) is 5.11 Å². The zero-order chi connectivity index (χ0) is 11.7. The average Bonchev–Trinajstić information content (AvgIpc) is 1.99. The van der Waals surface area contributed by atoms with Crippen LogP contribution < -0.4 is 0 Å². The maximum atomic E-state index is 8.52. The van der Waals surface area contributed by atoms with E-state index in [2.05, 4.69) is 49.5 Å². The van der Waals surface area contributed by atoms with Gasteiger partial charge in [0, 0.05) is 23.5 Å². The van der Waals surface area contributed by atoms with Gasteiger partial charge < -0.3 is 0 Å². The number of likely N-dealkylation sites (tertiary alicyclic amines) is 1. The zero-order valence-electron chi connectivity index (χ0n) is 10.5. The molecule has 0 bridgehead atoms. The summed E-state index contributed by atoms with van der Waals surface area (Å²) in [5.41, 5.74) is 8.91. The molecule has 0 aromatic heterocycles. The van der Waals surface area contributed by atoms with Crippen LogP contribution in [0.3, 0.4) is 0 Å². The molecule has 0 aromatic carbocycles. The van der Waals surface area contributed by atoms with Gasteiger partial charge in [-0.3, -0.25) is 4.90 Å². The van der Waals surface area contributed by atoms with E-state index in [0.29, 0.717) is 0 Å². The lowest BCUT2D eigenvalue weighted by Crippen LogP contribution is -2.54. The molecule has 0 radical (unpaired) electrons. The number of hydrogen-bond donors (Lipinski definition) is 0. The molecule has 0 N–H and O–H groups in total. The van der Waals surface area contributed by atoms with Gasteiger partial charge in [-0.1, -0.05) is 19.0 Å². The Morgan fingerprint density at radius 3 is 2.47 bits per heavy atom. The normalized spacial score (nSPS) is 27.1. The Morgan fingerprint density at radius 1 is 1.40 bits per heavy atom. The molecular weight excluding hydrogens is 188 g/mol. The van der Waals surface area contributed by atoms with E-state index in [9.17, 15) is 0 Å².